The Labute approximate surface area is 128 Å². The van der Waals surface area contributed by atoms with Crippen molar-refractivity contribution in [3.63, 3.8) is 0 Å². The van der Waals surface area contributed by atoms with Gasteiger partial charge in [0.25, 0.3) is 0 Å². The van der Waals surface area contributed by atoms with Crippen LogP contribution in [0.3, 0.4) is 0 Å². The van der Waals surface area contributed by atoms with E-state index in [1.807, 2.05) is 4.90 Å². The van der Waals surface area contributed by atoms with Crippen molar-refractivity contribution in [3.05, 3.63) is 29.3 Å². The van der Waals surface area contributed by atoms with Crippen LogP contribution in [0.2, 0.25) is 0 Å². The first kappa shape index (κ1) is 16.6. The van der Waals surface area contributed by atoms with Crippen LogP contribution in [-0.2, 0) is 6.18 Å². The molecule has 1 saturated heterocycles. The fraction of sp³-hybridized carbons (Fsp3) is 0.562. The summed E-state index contributed by atoms with van der Waals surface area (Å²) in [6, 6.07) is 5.61. The van der Waals surface area contributed by atoms with Crippen molar-refractivity contribution in [2.75, 3.05) is 37.6 Å². The Kier molecular flexibility index (Phi) is 5.30. The van der Waals surface area contributed by atoms with Crippen LogP contribution < -0.4 is 4.90 Å². The maximum Gasteiger partial charge on any atom is 0.417 e. The molecule has 0 radical (unpaired) electrons. The van der Waals surface area contributed by atoms with Gasteiger partial charge in [0.1, 0.15) is 0 Å². The molecule has 0 amide bonds. The van der Waals surface area contributed by atoms with Crippen LogP contribution in [0.5, 0.6) is 0 Å². The molecule has 1 aromatic carbocycles. The summed E-state index contributed by atoms with van der Waals surface area (Å²) in [4.78, 5) is 4.32. The van der Waals surface area contributed by atoms with E-state index in [9.17, 15) is 13.2 Å². The summed E-state index contributed by atoms with van der Waals surface area (Å²) in [6.45, 7) is 6.43. The van der Waals surface area contributed by atoms with Gasteiger partial charge in [0.15, 0.2) is 0 Å². The van der Waals surface area contributed by atoms with Gasteiger partial charge in [0.05, 0.1) is 17.2 Å². The van der Waals surface area contributed by atoms with Gasteiger partial charge >= 0.3 is 6.18 Å². The maximum absolute atomic E-state index is 13.0. The van der Waals surface area contributed by atoms with Crippen molar-refractivity contribution in [1.82, 2.24) is 4.90 Å². The number of rotatable bonds is 3. The van der Waals surface area contributed by atoms with Crippen LogP contribution in [0.1, 0.15) is 30.9 Å². The number of anilines is 1. The normalized spacial score (nSPS) is 17.1. The molecule has 0 aromatic heterocycles. The molecule has 1 heterocycles. The topological polar surface area (TPSA) is 30.3 Å². The summed E-state index contributed by atoms with van der Waals surface area (Å²) in [7, 11) is 0. The molecular formula is C16H20F3N3. The van der Waals surface area contributed by atoms with E-state index in [0.717, 1.165) is 45.1 Å². The Morgan fingerprint density at radius 3 is 2.59 bits per heavy atom. The largest absolute Gasteiger partial charge is 0.417 e. The minimum absolute atomic E-state index is 0.321. The number of hydrogen-bond donors (Lipinski definition) is 0. The fourth-order valence-corrected chi connectivity index (χ4v) is 2.83. The first-order valence-electron chi connectivity index (χ1n) is 7.54. The molecule has 0 unspecified atom stereocenters. The maximum atomic E-state index is 13.0. The highest BCUT2D eigenvalue weighted by Gasteiger charge is 2.34. The Hall–Kier alpha value is -1.74. The summed E-state index contributed by atoms with van der Waals surface area (Å²) < 4.78 is 39.1. The third kappa shape index (κ3) is 3.92. The summed E-state index contributed by atoms with van der Waals surface area (Å²) >= 11 is 0. The number of halogens is 3. The highest BCUT2D eigenvalue weighted by atomic mass is 19.4. The molecular weight excluding hydrogens is 291 g/mol. The van der Waals surface area contributed by atoms with Crippen molar-refractivity contribution >= 4 is 5.69 Å². The summed E-state index contributed by atoms with van der Waals surface area (Å²) in [5.41, 5.74) is -0.620. The monoisotopic (exact) mass is 311 g/mol. The Morgan fingerprint density at radius 2 is 1.95 bits per heavy atom. The van der Waals surface area contributed by atoms with Crippen molar-refractivity contribution in [1.29, 1.82) is 5.26 Å². The van der Waals surface area contributed by atoms with Gasteiger partial charge in [-0.05, 0) is 44.1 Å². The van der Waals surface area contributed by atoms with Gasteiger partial charge in [-0.3, -0.25) is 0 Å². The van der Waals surface area contributed by atoms with Gasteiger partial charge in [-0.1, -0.05) is 6.92 Å². The number of nitriles is 1. The first-order chi connectivity index (χ1) is 10.5. The second-order valence-corrected chi connectivity index (χ2v) is 5.52. The third-order valence-electron chi connectivity index (χ3n) is 3.92. The number of hydrogen-bond acceptors (Lipinski definition) is 3. The van der Waals surface area contributed by atoms with E-state index < -0.39 is 11.7 Å². The van der Waals surface area contributed by atoms with E-state index in [2.05, 4.69) is 11.8 Å². The molecule has 0 N–H and O–H groups in total. The highest BCUT2D eigenvalue weighted by Crippen LogP contribution is 2.34. The summed E-state index contributed by atoms with van der Waals surface area (Å²) in [5.74, 6) is 0. The molecule has 6 heteroatoms. The van der Waals surface area contributed by atoms with Crippen molar-refractivity contribution in [3.8, 4) is 6.07 Å². The van der Waals surface area contributed by atoms with E-state index in [1.165, 1.54) is 6.07 Å². The summed E-state index contributed by atoms with van der Waals surface area (Å²) in [6.07, 6.45) is -2.49. The lowest BCUT2D eigenvalue weighted by Gasteiger charge is -2.24. The van der Waals surface area contributed by atoms with E-state index in [1.54, 1.807) is 12.1 Å². The van der Waals surface area contributed by atoms with E-state index in [4.69, 9.17) is 5.26 Å². The average Bonchev–Trinajstić information content (AvgIpc) is 2.72. The third-order valence-corrected chi connectivity index (χ3v) is 3.92. The van der Waals surface area contributed by atoms with Gasteiger partial charge < -0.3 is 9.80 Å². The lowest BCUT2D eigenvalue weighted by atomic mass is 10.1. The smallest absolute Gasteiger partial charge is 0.370 e. The van der Waals surface area contributed by atoms with Gasteiger partial charge in [0, 0.05) is 25.3 Å². The predicted molar refractivity (Wildman–Crippen MR) is 79.7 cm³/mol. The predicted octanol–water partition coefficient (Wildman–Crippen LogP) is 3.50. The quantitative estimate of drug-likeness (QED) is 0.856. The van der Waals surface area contributed by atoms with Crippen LogP contribution in [0.25, 0.3) is 0 Å². The molecule has 2 rings (SSSR count). The lowest BCUT2D eigenvalue weighted by molar-refractivity contribution is -0.137. The zero-order chi connectivity index (χ0) is 16.2. The van der Waals surface area contributed by atoms with Gasteiger partial charge in [0.2, 0.25) is 0 Å². The average molecular weight is 311 g/mol. The van der Waals surface area contributed by atoms with Gasteiger partial charge in [-0.2, -0.15) is 18.4 Å². The highest BCUT2D eigenvalue weighted by molar-refractivity contribution is 5.55. The Balaban J connectivity index is 2.21. The SMILES string of the molecule is CCCN1CCCN(c2ccc(C#N)c(C(F)(F)F)c2)CC1. The molecule has 0 saturated carbocycles. The number of benzene rings is 1. The molecule has 0 atom stereocenters. The summed E-state index contributed by atoms with van der Waals surface area (Å²) in [5, 5.41) is 8.85. The van der Waals surface area contributed by atoms with Crippen molar-refractivity contribution in [2.24, 2.45) is 0 Å². The van der Waals surface area contributed by atoms with Crippen LogP contribution in [0, 0.1) is 11.3 Å². The van der Waals surface area contributed by atoms with Crippen LogP contribution in [-0.4, -0.2) is 37.6 Å². The van der Waals surface area contributed by atoms with E-state index in [-0.39, 0.29) is 5.56 Å². The molecule has 0 spiro atoms. The standard InChI is InChI=1S/C16H20F3N3/c1-2-6-21-7-3-8-22(10-9-21)14-5-4-13(12-20)15(11-14)16(17,18)19/h4-5,11H,2-3,6-10H2,1H3. The minimum Gasteiger partial charge on any atom is -0.370 e. The molecule has 3 nitrogen and oxygen atoms in total. The molecule has 1 fully saturated rings. The van der Waals surface area contributed by atoms with Gasteiger partial charge in [-0.15, -0.1) is 0 Å². The number of nitrogens with zero attached hydrogens (tertiary/aromatic N) is 3. The zero-order valence-electron chi connectivity index (χ0n) is 12.7. The fourth-order valence-electron chi connectivity index (χ4n) is 2.83. The van der Waals surface area contributed by atoms with E-state index in [0.29, 0.717) is 12.2 Å². The second-order valence-electron chi connectivity index (χ2n) is 5.52. The number of alkyl halides is 3. The minimum atomic E-state index is -4.50. The molecule has 1 aromatic rings. The molecule has 1 aliphatic rings. The molecule has 1 aliphatic heterocycles. The Morgan fingerprint density at radius 1 is 1.18 bits per heavy atom. The second kappa shape index (κ2) is 7.01. The first-order valence-corrected chi connectivity index (χ1v) is 7.54. The van der Waals surface area contributed by atoms with Crippen LogP contribution in [0.4, 0.5) is 18.9 Å². The lowest BCUT2D eigenvalue weighted by Crippen LogP contribution is -2.31. The molecule has 0 aliphatic carbocycles. The van der Waals surface area contributed by atoms with Crippen LogP contribution >= 0.6 is 0 Å². The van der Waals surface area contributed by atoms with Crippen molar-refractivity contribution < 1.29 is 13.2 Å². The zero-order valence-corrected chi connectivity index (χ0v) is 12.7. The molecule has 0 bridgehead atoms. The Bertz CT molecular complexity index is 549. The molecule has 120 valence electrons. The molecule has 22 heavy (non-hydrogen) atoms. The van der Waals surface area contributed by atoms with Gasteiger partial charge in [-0.25, -0.2) is 0 Å². The van der Waals surface area contributed by atoms with Crippen LogP contribution in [0.15, 0.2) is 18.2 Å². The van der Waals surface area contributed by atoms with E-state index >= 15 is 0 Å². The van der Waals surface area contributed by atoms with Crippen molar-refractivity contribution in [2.45, 2.75) is 25.9 Å².